The molecule has 11 heteroatoms. The minimum Gasteiger partial charge on any atom is -0.480 e. The number of aromatic nitrogens is 1. The second-order valence-corrected chi connectivity index (χ2v) is 9.43. The van der Waals surface area contributed by atoms with Crippen molar-refractivity contribution in [3.63, 3.8) is 0 Å². The molecule has 0 saturated carbocycles. The van der Waals surface area contributed by atoms with Crippen molar-refractivity contribution in [1.82, 2.24) is 9.88 Å². The van der Waals surface area contributed by atoms with Crippen molar-refractivity contribution in [3.05, 3.63) is 36.2 Å². The first-order valence-electron chi connectivity index (χ1n) is 7.02. The molecule has 1 saturated heterocycles. The SMILES string of the molecule is CC1(C)[C@H](C(=O)O)N(C(=O)/C=C(/c2ccccn2)[SH](=O)=O)CS1(=O)=O. The summed E-state index contributed by atoms with van der Waals surface area (Å²) in [6.07, 6.45) is 2.02. The number of hydrogen-bond acceptors (Lipinski definition) is 7. The summed E-state index contributed by atoms with van der Waals surface area (Å²) in [4.78, 5) is 28.0. The highest BCUT2D eigenvalue weighted by molar-refractivity contribution is 7.93. The molecule has 9 nitrogen and oxygen atoms in total. The van der Waals surface area contributed by atoms with Gasteiger partial charge in [-0.2, -0.15) is 0 Å². The predicted octanol–water partition coefficient (Wildman–Crippen LogP) is -0.520. The number of carboxylic acid groups (broad SMARTS) is 1. The van der Waals surface area contributed by atoms with Crippen LogP contribution in [0.1, 0.15) is 19.5 Å². The number of hydrogen-bond donors (Lipinski definition) is 2. The van der Waals surface area contributed by atoms with Gasteiger partial charge in [-0.05, 0) is 26.0 Å². The Morgan fingerprint density at radius 1 is 1.36 bits per heavy atom. The van der Waals surface area contributed by atoms with Crippen LogP contribution in [-0.4, -0.2) is 60.4 Å². The number of carboxylic acids is 1. The zero-order chi connectivity index (χ0) is 19.0. The fourth-order valence-electron chi connectivity index (χ4n) is 2.53. The van der Waals surface area contributed by atoms with Crippen LogP contribution in [0.25, 0.3) is 4.91 Å². The van der Waals surface area contributed by atoms with Gasteiger partial charge in [0.2, 0.25) is 5.91 Å². The van der Waals surface area contributed by atoms with E-state index in [1.54, 1.807) is 6.07 Å². The summed E-state index contributed by atoms with van der Waals surface area (Å²) >= 11 is 0. The Hall–Kier alpha value is -2.27. The van der Waals surface area contributed by atoms with E-state index in [0.29, 0.717) is 11.0 Å². The van der Waals surface area contributed by atoms with Gasteiger partial charge in [0.25, 0.3) is 0 Å². The highest BCUT2D eigenvalue weighted by Gasteiger charge is 2.57. The molecule has 1 aliphatic heterocycles. The van der Waals surface area contributed by atoms with Gasteiger partial charge in [0.05, 0.1) is 15.3 Å². The van der Waals surface area contributed by atoms with Crippen LogP contribution < -0.4 is 0 Å². The van der Waals surface area contributed by atoms with E-state index in [2.05, 4.69) is 4.98 Å². The van der Waals surface area contributed by atoms with Crippen molar-refractivity contribution in [2.45, 2.75) is 24.6 Å². The number of sulfone groups is 1. The van der Waals surface area contributed by atoms with Crippen LogP contribution in [-0.2, 0) is 30.1 Å². The quantitative estimate of drug-likeness (QED) is 0.519. The van der Waals surface area contributed by atoms with Gasteiger partial charge in [-0.25, -0.2) is 21.6 Å². The summed E-state index contributed by atoms with van der Waals surface area (Å²) in [6, 6.07) is 2.80. The van der Waals surface area contributed by atoms with Crippen LogP contribution in [0.3, 0.4) is 0 Å². The molecule has 0 aliphatic carbocycles. The summed E-state index contributed by atoms with van der Waals surface area (Å²) in [5.74, 6) is -3.32. The van der Waals surface area contributed by atoms with Crippen LogP contribution in [0.5, 0.6) is 0 Å². The Morgan fingerprint density at radius 2 is 2.00 bits per heavy atom. The second kappa shape index (κ2) is 6.56. The third kappa shape index (κ3) is 3.42. The number of carbonyl (C=O) groups excluding carboxylic acids is 1. The maximum absolute atomic E-state index is 12.5. The van der Waals surface area contributed by atoms with E-state index in [1.165, 1.54) is 32.2 Å². The number of carbonyl (C=O) groups is 2. The van der Waals surface area contributed by atoms with Gasteiger partial charge >= 0.3 is 5.97 Å². The Morgan fingerprint density at radius 3 is 2.48 bits per heavy atom. The van der Waals surface area contributed by atoms with Crippen LogP contribution >= 0.6 is 0 Å². The molecule has 0 aromatic carbocycles. The molecule has 1 fully saturated rings. The van der Waals surface area contributed by atoms with Gasteiger partial charge in [0.15, 0.2) is 20.5 Å². The van der Waals surface area contributed by atoms with Crippen molar-refractivity contribution in [2.24, 2.45) is 0 Å². The smallest absolute Gasteiger partial charge is 0.328 e. The van der Waals surface area contributed by atoms with Crippen molar-refractivity contribution < 1.29 is 31.5 Å². The first kappa shape index (κ1) is 19.1. The zero-order valence-corrected chi connectivity index (χ0v) is 15.0. The molecule has 136 valence electrons. The fourth-order valence-corrected chi connectivity index (χ4v) is 4.60. The van der Waals surface area contributed by atoms with Gasteiger partial charge in [0, 0.05) is 12.3 Å². The maximum atomic E-state index is 12.5. The molecule has 1 aromatic heterocycles. The van der Waals surface area contributed by atoms with E-state index in [9.17, 15) is 31.5 Å². The summed E-state index contributed by atoms with van der Waals surface area (Å²) in [6.45, 7) is 2.43. The highest BCUT2D eigenvalue weighted by atomic mass is 32.2. The summed E-state index contributed by atoms with van der Waals surface area (Å²) in [7, 11) is -7.12. The minimum atomic E-state index is -3.91. The third-order valence-electron chi connectivity index (χ3n) is 3.98. The molecule has 0 spiro atoms. The molecule has 1 amide bonds. The van der Waals surface area contributed by atoms with Crippen molar-refractivity contribution in [2.75, 3.05) is 5.88 Å². The summed E-state index contributed by atoms with van der Waals surface area (Å²) < 4.78 is 45.6. The van der Waals surface area contributed by atoms with Gasteiger partial charge in [0.1, 0.15) is 11.9 Å². The molecule has 1 N–H and O–H groups in total. The monoisotopic (exact) mass is 388 g/mol. The number of pyridine rings is 1. The molecule has 1 aliphatic rings. The number of thiol groups is 1. The number of aliphatic carboxylic acids is 1. The topological polar surface area (TPSA) is 139 Å². The molecule has 2 heterocycles. The maximum Gasteiger partial charge on any atom is 0.328 e. The van der Waals surface area contributed by atoms with E-state index in [-0.39, 0.29) is 5.69 Å². The van der Waals surface area contributed by atoms with E-state index >= 15 is 0 Å². The molecule has 0 bridgehead atoms. The lowest BCUT2D eigenvalue weighted by Crippen LogP contribution is -2.49. The summed E-state index contributed by atoms with van der Waals surface area (Å²) in [5, 5.41) is 9.35. The van der Waals surface area contributed by atoms with Crippen LogP contribution in [0.2, 0.25) is 0 Å². The molecule has 2 rings (SSSR count). The average molecular weight is 388 g/mol. The van der Waals surface area contributed by atoms with Gasteiger partial charge < -0.3 is 10.0 Å². The molecule has 25 heavy (non-hydrogen) atoms. The fraction of sp³-hybridized carbons (Fsp3) is 0.357. The van der Waals surface area contributed by atoms with Gasteiger partial charge in [-0.15, -0.1) is 0 Å². The first-order valence-corrected chi connectivity index (χ1v) is 9.85. The normalized spacial score (nSPS) is 22.1. The van der Waals surface area contributed by atoms with E-state index in [0.717, 1.165) is 0 Å². The van der Waals surface area contributed by atoms with Crippen molar-refractivity contribution in [1.29, 1.82) is 0 Å². The minimum absolute atomic E-state index is 0.000139. The van der Waals surface area contributed by atoms with Gasteiger partial charge in [-0.1, -0.05) is 6.07 Å². The second-order valence-electron chi connectivity index (χ2n) is 5.90. The molecular formula is C14H16N2O7S2. The highest BCUT2D eigenvalue weighted by Crippen LogP contribution is 2.34. The Balaban J connectivity index is 2.50. The molecule has 0 unspecified atom stereocenters. The standard InChI is InChI=1S/C14H16N2O7S2/c1-14(2)12(13(18)19)16(8-25(14,22)23)11(17)7-10(24(20)21)9-5-3-4-6-15-9/h3-7,12,24H,8H2,1-2H3,(H,18,19)/b10-7-/t12-/m0/s1. The first-order chi connectivity index (χ1) is 11.5. The Bertz CT molecular complexity index is 910. The molecule has 1 atom stereocenters. The average Bonchev–Trinajstić information content (AvgIpc) is 2.70. The summed E-state index contributed by atoms with van der Waals surface area (Å²) in [5.41, 5.74) is 0.000139. The number of nitrogens with zero attached hydrogens (tertiary/aromatic N) is 2. The third-order valence-corrected chi connectivity index (χ3v) is 7.18. The zero-order valence-electron chi connectivity index (χ0n) is 13.3. The van der Waals surface area contributed by atoms with Crippen molar-refractivity contribution in [3.8, 4) is 0 Å². The Kier molecular flexibility index (Phi) is 5.00. The van der Waals surface area contributed by atoms with Crippen LogP contribution in [0, 0.1) is 0 Å². The lowest BCUT2D eigenvalue weighted by Gasteiger charge is -2.25. The van der Waals surface area contributed by atoms with E-state index in [1.807, 2.05) is 0 Å². The van der Waals surface area contributed by atoms with E-state index < -0.39 is 54.0 Å². The number of rotatable bonds is 4. The largest absolute Gasteiger partial charge is 0.480 e. The van der Waals surface area contributed by atoms with E-state index in [4.69, 9.17) is 0 Å². The van der Waals surface area contributed by atoms with Crippen LogP contribution in [0.4, 0.5) is 0 Å². The predicted molar refractivity (Wildman–Crippen MR) is 88.7 cm³/mol. The molecular weight excluding hydrogens is 372 g/mol. The lowest BCUT2D eigenvalue weighted by atomic mass is 10.0. The lowest BCUT2D eigenvalue weighted by molar-refractivity contribution is -0.148. The Labute approximate surface area is 145 Å². The van der Waals surface area contributed by atoms with Crippen molar-refractivity contribution >= 4 is 37.3 Å². The number of amides is 1. The van der Waals surface area contributed by atoms with Gasteiger partial charge in [-0.3, -0.25) is 9.78 Å². The van der Waals surface area contributed by atoms with Crippen LogP contribution in [0.15, 0.2) is 30.5 Å². The molecule has 0 radical (unpaired) electrons. The molecule has 1 aromatic rings.